The zero-order valence-corrected chi connectivity index (χ0v) is 12.2. The molecule has 1 unspecified atom stereocenters. The first-order chi connectivity index (χ1) is 9.91. The minimum atomic E-state index is -4.09. The van der Waals surface area contributed by atoms with Crippen LogP contribution in [0, 0.1) is 5.92 Å². The lowest BCUT2D eigenvalue weighted by molar-refractivity contribution is -0.187. The third-order valence-electron chi connectivity index (χ3n) is 3.84. The maximum atomic E-state index is 12.8. The molecule has 1 aliphatic rings. The Labute approximate surface area is 124 Å². The highest BCUT2D eigenvalue weighted by atomic mass is 32.1. The van der Waals surface area contributed by atoms with Crippen LogP contribution in [0.25, 0.3) is 10.2 Å². The lowest BCUT2D eigenvalue weighted by Gasteiger charge is -2.33. The van der Waals surface area contributed by atoms with Crippen LogP contribution in [0.15, 0.2) is 18.2 Å². The molecule has 2 heterocycles. The Morgan fingerprint density at radius 2 is 2.19 bits per heavy atom. The van der Waals surface area contributed by atoms with Crippen LogP contribution < -0.4 is 5.73 Å². The Hall–Kier alpha value is -1.34. The number of aromatic nitrogens is 1. The van der Waals surface area contributed by atoms with Crippen molar-refractivity contribution in [3.8, 4) is 0 Å². The van der Waals surface area contributed by atoms with Crippen LogP contribution in [0.1, 0.15) is 18.4 Å². The van der Waals surface area contributed by atoms with Crippen LogP contribution in [0.2, 0.25) is 0 Å². The number of anilines is 1. The minimum Gasteiger partial charge on any atom is -0.375 e. The molecule has 0 radical (unpaired) electrons. The van der Waals surface area contributed by atoms with Gasteiger partial charge in [-0.15, -0.1) is 0 Å². The van der Waals surface area contributed by atoms with Gasteiger partial charge in [-0.25, -0.2) is 4.98 Å². The van der Waals surface area contributed by atoms with Crippen molar-refractivity contribution in [2.45, 2.75) is 25.6 Å². The molecular formula is C14H16F3N3S. The molecule has 21 heavy (non-hydrogen) atoms. The summed E-state index contributed by atoms with van der Waals surface area (Å²) in [5.74, 6) is -1.20. The molecule has 1 atom stereocenters. The number of nitrogen functional groups attached to an aromatic ring is 1. The van der Waals surface area contributed by atoms with Crippen molar-refractivity contribution in [2.24, 2.45) is 5.92 Å². The number of piperidine rings is 1. The van der Waals surface area contributed by atoms with E-state index in [1.54, 1.807) is 0 Å². The Balaban J connectivity index is 1.72. The summed E-state index contributed by atoms with van der Waals surface area (Å²) in [4.78, 5) is 6.06. The summed E-state index contributed by atoms with van der Waals surface area (Å²) >= 11 is 1.40. The van der Waals surface area contributed by atoms with Gasteiger partial charge < -0.3 is 5.73 Å². The first-order valence-corrected chi connectivity index (χ1v) is 7.67. The van der Waals surface area contributed by atoms with Gasteiger partial charge in [0.05, 0.1) is 16.1 Å². The number of hydrogen-bond donors (Lipinski definition) is 1. The van der Waals surface area contributed by atoms with Crippen LogP contribution in [0.3, 0.4) is 0 Å². The number of nitrogens with zero attached hydrogens (tertiary/aromatic N) is 2. The topological polar surface area (TPSA) is 42.1 Å². The number of nitrogens with two attached hydrogens (primary N) is 1. The van der Waals surface area contributed by atoms with Gasteiger partial charge in [-0.3, -0.25) is 4.90 Å². The predicted molar refractivity (Wildman–Crippen MR) is 78.1 cm³/mol. The smallest absolute Gasteiger partial charge is 0.375 e. The molecule has 3 nitrogen and oxygen atoms in total. The summed E-state index contributed by atoms with van der Waals surface area (Å²) in [5.41, 5.74) is 7.51. The van der Waals surface area contributed by atoms with Gasteiger partial charge in [-0.1, -0.05) is 17.4 Å². The number of thiazole rings is 1. The zero-order valence-electron chi connectivity index (χ0n) is 11.4. The van der Waals surface area contributed by atoms with Gasteiger partial charge >= 0.3 is 6.18 Å². The summed E-state index contributed by atoms with van der Waals surface area (Å²) in [6, 6.07) is 5.77. The number of fused-ring (bicyclic) bond motifs is 1. The van der Waals surface area contributed by atoms with Crippen molar-refractivity contribution in [3.05, 3.63) is 23.8 Å². The fourth-order valence-corrected chi connectivity index (χ4v) is 3.61. The van der Waals surface area contributed by atoms with Crippen LogP contribution in [0.5, 0.6) is 0 Å². The lowest BCUT2D eigenvalue weighted by Crippen LogP contribution is -2.41. The quantitative estimate of drug-likeness (QED) is 0.920. The molecule has 7 heteroatoms. The molecule has 2 aromatic rings. The zero-order chi connectivity index (χ0) is 15.0. The van der Waals surface area contributed by atoms with Gasteiger partial charge in [-0.05, 0) is 37.1 Å². The molecule has 1 aromatic heterocycles. The second kappa shape index (κ2) is 5.46. The summed E-state index contributed by atoms with van der Waals surface area (Å²) in [7, 11) is 0. The van der Waals surface area contributed by atoms with Crippen molar-refractivity contribution >= 4 is 26.7 Å². The van der Waals surface area contributed by atoms with Crippen molar-refractivity contribution in [1.82, 2.24) is 9.88 Å². The van der Waals surface area contributed by atoms with Crippen LogP contribution in [0.4, 0.5) is 18.3 Å². The van der Waals surface area contributed by atoms with E-state index in [-0.39, 0.29) is 13.0 Å². The average Bonchev–Trinajstić information content (AvgIpc) is 2.77. The van der Waals surface area contributed by atoms with Crippen molar-refractivity contribution < 1.29 is 13.2 Å². The number of hydrogen-bond acceptors (Lipinski definition) is 4. The van der Waals surface area contributed by atoms with Gasteiger partial charge in [0.1, 0.15) is 0 Å². The fourth-order valence-electron chi connectivity index (χ4n) is 2.81. The van der Waals surface area contributed by atoms with E-state index in [4.69, 9.17) is 5.73 Å². The highest BCUT2D eigenvalue weighted by molar-refractivity contribution is 7.22. The molecular weight excluding hydrogens is 299 g/mol. The Morgan fingerprint density at radius 1 is 1.38 bits per heavy atom. The molecule has 1 aromatic carbocycles. The highest BCUT2D eigenvalue weighted by Crippen LogP contribution is 2.34. The maximum absolute atomic E-state index is 12.8. The molecule has 1 fully saturated rings. The molecule has 0 aliphatic carbocycles. The fraction of sp³-hybridized carbons (Fsp3) is 0.500. The van der Waals surface area contributed by atoms with Crippen molar-refractivity contribution in [1.29, 1.82) is 0 Å². The van der Waals surface area contributed by atoms with Crippen LogP contribution in [-0.4, -0.2) is 29.1 Å². The number of likely N-dealkylation sites (tertiary alicyclic amines) is 1. The molecule has 0 saturated carbocycles. The predicted octanol–water partition coefficient (Wildman–Crippen LogP) is 3.65. The molecule has 0 bridgehead atoms. The Morgan fingerprint density at radius 3 is 2.95 bits per heavy atom. The van der Waals surface area contributed by atoms with Crippen molar-refractivity contribution in [3.63, 3.8) is 0 Å². The van der Waals surface area contributed by atoms with E-state index in [0.29, 0.717) is 18.1 Å². The third-order valence-corrected chi connectivity index (χ3v) is 4.69. The number of halogens is 3. The van der Waals surface area contributed by atoms with E-state index in [1.807, 2.05) is 23.1 Å². The van der Waals surface area contributed by atoms with Gasteiger partial charge in [0.15, 0.2) is 5.13 Å². The van der Waals surface area contributed by atoms with E-state index in [1.165, 1.54) is 11.3 Å². The molecule has 2 N–H and O–H groups in total. The van der Waals surface area contributed by atoms with Gasteiger partial charge in [0.25, 0.3) is 0 Å². The van der Waals surface area contributed by atoms with E-state index in [9.17, 15) is 13.2 Å². The number of alkyl halides is 3. The average molecular weight is 315 g/mol. The lowest BCUT2D eigenvalue weighted by atomic mass is 9.97. The SMILES string of the molecule is Nc1nc2ccc(CN3CCCC(C(F)(F)F)C3)cc2s1. The monoisotopic (exact) mass is 315 g/mol. The first kappa shape index (κ1) is 14.6. The third kappa shape index (κ3) is 3.29. The largest absolute Gasteiger partial charge is 0.393 e. The first-order valence-electron chi connectivity index (χ1n) is 6.86. The molecule has 114 valence electrons. The van der Waals surface area contributed by atoms with E-state index < -0.39 is 12.1 Å². The molecule has 1 saturated heterocycles. The standard InChI is InChI=1S/C14H16F3N3S/c15-14(16,17)10-2-1-5-20(8-10)7-9-3-4-11-12(6-9)21-13(18)19-11/h3-4,6,10H,1-2,5,7-8H2,(H2,18,19). The highest BCUT2D eigenvalue weighted by Gasteiger charge is 2.41. The van der Waals surface area contributed by atoms with Crippen LogP contribution >= 0.6 is 11.3 Å². The maximum Gasteiger partial charge on any atom is 0.393 e. The normalized spacial score (nSPS) is 21.0. The second-order valence-corrected chi connectivity index (χ2v) is 6.53. The second-order valence-electron chi connectivity index (χ2n) is 5.47. The molecule has 3 rings (SSSR count). The molecule has 0 spiro atoms. The van der Waals surface area contributed by atoms with Crippen LogP contribution in [-0.2, 0) is 6.54 Å². The molecule has 1 aliphatic heterocycles. The minimum absolute atomic E-state index is 0.0896. The summed E-state index contributed by atoms with van der Waals surface area (Å²) < 4.78 is 39.4. The van der Waals surface area contributed by atoms with Gasteiger partial charge in [0, 0.05) is 13.1 Å². The van der Waals surface area contributed by atoms with E-state index in [2.05, 4.69) is 4.98 Å². The van der Waals surface area contributed by atoms with E-state index >= 15 is 0 Å². The Kier molecular flexibility index (Phi) is 3.79. The Bertz CT molecular complexity index is 638. The summed E-state index contributed by atoms with van der Waals surface area (Å²) in [5, 5.41) is 0.511. The van der Waals surface area contributed by atoms with Gasteiger partial charge in [-0.2, -0.15) is 13.2 Å². The van der Waals surface area contributed by atoms with Gasteiger partial charge in [0.2, 0.25) is 0 Å². The summed E-state index contributed by atoms with van der Waals surface area (Å²) in [6.45, 7) is 1.35. The summed E-state index contributed by atoms with van der Waals surface area (Å²) in [6.07, 6.45) is -3.25. The molecule has 0 amide bonds. The number of benzene rings is 1. The number of rotatable bonds is 2. The van der Waals surface area contributed by atoms with E-state index in [0.717, 1.165) is 22.3 Å². The van der Waals surface area contributed by atoms with Crippen molar-refractivity contribution in [2.75, 3.05) is 18.8 Å².